The van der Waals surface area contributed by atoms with E-state index in [-0.39, 0.29) is 19.3 Å². The van der Waals surface area contributed by atoms with Gasteiger partial charge in [0, 0.05) is 6.54 Å². The van der Waals surface area contributed by atoms with Gasteiger partial charge < -0.3 is 15.4 Å². The molecule has 1 atom stereocenters. The van der Waals surface area contributed by atoms with Crippen molar-refractivity contribution in [3.05, 3.63) is 12.2 Å². The molecule has 8 heteroatoms. The molecule has 1 saturated carbocycles. The summed E-state index contributed by atoms with van der Waals surface area (Å²) in [7, 11) is 0. The first-order valence-electron chi connectivity index (χ1n) is 7.69. The summed E-state index contributed by atoms with van der Waals surface area (Å²) in [5.74, 6) is -2.81. The number of carbonyl (C=O) groups excluding carboxylic acids is 2. The molecule has 23 heavy (non-hydrogen) atoms. The Hall–Kier alpha value is -1.57. The number of halogens is 3. The molecule has 0 bridgehead atoms. The largest absolute Gasteiger partial charge is 0.471 e. The Labute approximate surface area is 133 Å². The zero-order valence-electron chi connectivity index (χ0n) is 13.0. The highest BCUT2D eigenvalue weighted by Gasteiger charge is 2.38. The minimum absolute atomic E-state index is 0.0737. The van der Waals surface area contributed by atoms with Gasteiger partial charge >= 0.3 is 12.1 Å². The van der Waals surface area contributed by atoms with Gasteiger partial charge in [0.1, 0.15) is 0 Å². The van der Waals surface area contributed by atoms with Crippen LogP contribution in [0.5, 0.6) is 0 Å². The fourth-order valence-electron chi connectivity index (χ4n) is 2.33. The molecule has 0 aromatic carbocycles. The second kappa shape index (κ2) is 9.54. The van der Waals surface area contributed by atoms with Gasteiger partial charge in [-0.15, -0.1) is 0 Å². The molecule has 1 unspecified atom stereocenters. The maximum atomic E-state index is 11.9. The monoisotopic (exact) mass is 336 g/mol. The van der Waals surface area contributed by atoms with Crippen LogP contribution in [0.1, 0.15) is 38.5 Å². The van der Waals surface area contributed by atoms with E-state index >= 15 is 0 Å². The first kappa shape index (κ1) is 19.5. The highest BCUT2D eigenvalue weighted by Crippen LogP contribution is 2.22. The number of hydrogen-bond donors (Lipinski definition) is 2. The molecule has 1 aliphatic rings. The van der Waals surface area contributed by atoms with Crippen molar-refractivity contribution in [3.8, 4) is 0 Å². The Morgan fingerprint density at radius 1 is 1.22 bits per heavy atom. The molecule has 0 saturated heterocycles. The Balaban J connectivity index is 2.14. The number of amides is 2. The van der Waals surface area contributed by atoms with E-state index in [1.807, 2.05) is 0 Å². The van der Waals surface area contributed by atoms with E-state index in [4.69, 9.17) is 4.74 Å². The van der Waals surface area contributed by atoms with Crippen molar-refractivity contribution in [3.63, 3.8) is 0 Å². The topological polar surface area (TPSA) is 67.4 Å². The number of hydrogen-bond acceptors (Lipinski definition) is 3. The van der Waals surface area contributed by atoms with E-state index in [0.717, 1.165) is 44.1 Å². The fraction of sp³-hybridized carbons (Fsp3) is 0.733. The van der Waals surface area contributed by atoms with Crippen molar-refractivity contribution in [2.75, 3.05) is 19.7 Å². The molecule has 0 radical (unpaired) electrons. The molecule has 1 aliphatic carbocycles. The Morgan fingerprint density at radius 2 is 1.96 bits per heavy atom. The Morgan fingerprint density at radius 3 is 2.65 bits per heavy atom. The SMILES string of the molecule is C=C1CCCCCC(OCCNC(=O)CNC(=O)C(F)(F)F)C1. The van der Waals surface area contributed by atoms with Gasteiger partial charge in [-0.3, -0.25) is 9.59 Å². The summed E-state index contributed by atoms with van der Waals surface area (Å²) in [6.07, 6.45) is 1.24. The van der Waals surface area contributed by atoms with Crippen LogP contribution in [0.25, 0.3) is 0 Å². The number of carbonyl (C=O) groups is 2. The van der Waals surface area contributed by atoms with E-state index in [2.05, 4.69) is 11.9 Å². The number of ether oxygens (including phenoxy) is 1. The van der Waals surface area contributed by atoms with E-state index in [0.29, 0.717) is 0 Å². The van der Waals surface area contributed by atoms with Crippen molar-refractivity contribution in [2.24, 2.45) is 0 Å². The van der Waals surface area contributed by atoms with Gasteiger partial charge in [-0.05, 0) is 25.7 Å². The van der Waals surface area contributed by atoms with Crippen molar-refractivity contribution in [1.82, 2.24) is 10.6 Å². The minimum Gasteiger partial charge on any atom is -0.376 e. The van der Waals surface area contributed by atoms with E-state index in [1.165, 1.54) is 5.32 Å². The molecule has 0 heterocycles. The van der Waals surface area contributed by atoms with Crippen molar-refractivity contribution < 1.29 is 27.5 Å². The van der Waals surface area contributed by atoms with Gasteiger partial charge in [-0.25, -0.2) is 0 Å². The second-order valence-corrected chi connectivity index (χ2v) is 5.58. The van der Waals surface area contributed by atoms with E-state index in [9.17, 15) is 22.8 Å². The van der Waals surface area contributed by atoms with Crippen LogP contribution >= 0.6 is 0 Å². The Kier molecular flexibility index (Phi) is 8.08. The lowest BCUT2D eigenvalue weighted by atomic mass is 9.95. The highest BCUT2D eigenvalue weighted by atomic mass is 19.4. The fourth-order valence-corrected chi connectivity index (χ4v) is 2.33. The highest BCUT2D eigenvalue weighted by molar-refractivity contribution is 5.87. The van der Waals surface area contributed by atoms with Crippen LogP contribution in [0, 0.1) is 0 Å². The van der Waals surface area contributed by atoms with Crippen LogP contribution in [-0.2, 0) is 14.3 Å². The predicted octanol–water partition coefficient (Wildman–Crippen LogP) is 2.08. The third kappa shape index (κ3) is 8.59. The van der Waals surface area contributed by atoms with Gasteiger partial charge in [-0.1, -0.05) is 25.0 Å². The van der Waals surface area contributed by atoms with Crippen LogP contribution in [0.15, 0.2) is 12.2 Å². The molecule has 2 amide bonds. The first-order chi connectivity index (χ1) is 10.8. The molecular weight excluding hydrogens is 313 g/mol. The Bertz CT molecular complexity index is 425. The maximum Gasteiger partial charge on any atom is 0.471 e. The van der Waals surface area contributed by atoms with Crippen LogP contribution in [0.4, 0.5) is 13.2 Å². The van der Waals surface area contributed by atoms with Gasteiger partial charge in [0.2, 0.25) is 5.91 Å². The first-order valence-corrected chi connectivity index (χ1v) is 7.69. The number of alkyl halides is 3. The second-order valence-electron chi connectivity index (χ2n) is 5.58. The molecule has 0 spiro atoms. The summed E-state index contributed by atoms with van der Waals surface area (Å²) >= 11 is 0. The van der Waals surface area contributed by atoms with Crippen LogP contribution in [0.2, 0.25) is 0 Å². The molecular formula is C15H23F3N2O3. The summed E-state index contributed by atoms with van der Waals surface area (Å²) < 4.78 is 41.5. The maximum absolute atomic E-state index is 11.9. The zero-order chi connectivity index (χ0) is 17.3. The third-order valence-corrected chi connectivity index (χ3v) is 3.52. The molecule has 5 nitrogen and oxygen atoms in total. The smallest absolute Gasteiger partial charge is 0.376 e. The van der Waals surface area contributed by atoms with E-state index in [1.54, 1.807) is 0 Å². The minimum atomic E-state index is -4.98. The molecule has 1 fully saturated rings. The van der Waals surface area contributed by atoms with Crippen LogP contribution in [-0.4, -0.2) is 43.8 Å². The molecule has 0 aromatic rings. The van der Waals surface area contributed by atoms with E-state index < -0.39 is 24.5 Å². The molecule has 0 aromatic heterocycles. The summed E-state index contributed by atoms with van der Waals surface area (Å²) in [6.45, 7) is 3.75. The normalized spacial score (nSPS) is 19.6. The summed E-state index contributed by atoms with van der Waals surface area (Å²) in [4.78, 5) is 21.9. The van der Waals surface area contributed by atoms with Crippen LogP contribution in [0.3, 0.4) is 0 Å². The number of rotatable bonds is 6. The summed E-state index contributed by atoms with van der Waals surface area (Å²) in [5.41, 5.74) is 1.16. The zero-order valence-corrected chi connectivity index (χ0v) is 13.0. The quantitative estimate of drug-likeness (QED) is 0.576. The van der Waals surface area contributed by atoms with Crippen LogP contribution < -0.4 is 10.6 Å². The number of nitrogens with one attached hydrogen (secondary N) is 2. The summed E-state index contributed by atoms with van der Waals surface area (Å²) in [6, 6.07) is 0. The van der Waals surface area contributed by atoms with Gasteiger partial charge in [0.25, 0.3) is 0 Å². The lowest BCUT2D eigenvalue weighted by Gasteiger charge is -2.21. The van der Waals surface area contributed by atoms with Crippen molar-refractivity contribution in [1.29, 1.82) is 0 Å². The summed E-state index contributed by atoms with van der Waals surface area (Å²) in [5, 5.41) is 3.91. The molecule has 2 N–H and O–H groups in total. The van der Waals surface area contributed by atoms with Crippen molar-refractivity contribution in [2.45, 2.75) is 50.8 Å². The lowest BCUT2D eigenvalue weighted by Crippen LogP contribution is -2.43. The average molecular weight is 336 g/mol. The third-order valence-electron chi connectivity index (χ3n) is 3.52. The van der Waals surface area contributed by atoms with Gasteiger partial charge in [0.05, 0.1) is 19.3 Å². The molecule has 132 valence electrons. The van der Waals surface area contributed by atoms with Crippen molar-refractivity contribution >= 4 is 11.8 Å². The lowest BCUT2D eigenvalue weighted by molar-refractivity contribution is -0.173. The predicted molar refractivity (Wildman–Crippen MR) is 78.7 cm³/mol. The molecule has 0 aliphatic heterocycles. The van der Waals surface area contributed by atoms with Gasteiger partial charge in [0.15, 0.2) is 0 Å². The molecule has 1 rings (SSSR count). The van der Waals surface area contributed by atoms with Gasteiger partial charge in [-0.2, -0.15) is 13.2 Å². The average Bonchev–Trinajstić information content (AvgIpc) is 2.44. The standard InChI is InChI=1S/C15H23F3N2O3/c1-11-5-3-2-4-6-12(9-11)23-8-7-19-13(21)10-20-14(22)15(16,17)18/h12H,1-10H2,(H,19,21)(H,20,22).